The summed E-state index contributed by atoms with van der Waals surface area (Å²) in [5.41, 5.74) is 6.77. The quantitative estimate of drug-likeness (QED) is 0.847. The second kappa shape index (κ2) is 3.92. The van der Waals surface area contributed by atoms with Gasteiger partial charge in [0.15, 0.2) is 0 Å². The van der Waals surface area contributed by atoms with Crippen molar-refractivity contribution in [1.82, 2.24) is 9.55 Å². The van der Waals surface area contributed by atoms with Gasteiger partial charge in [0.1, 0.15) is 11.6 Å². The Hall–Kier alpha value is -1.91. The molecule has 2 rings (SSSR count). The summed E-state index contributed by atoms with van der Waals surface area (Å²) in [6.45, 7) is 2.05. The summed E-state index contributed by atoms with van der Waals surface area (Å²) < 4.78 is 27.7. The Balaban J connectivity index is 2.30. The standard InChI is InChI=1S/C11H11F2N3/c1-7-5-16(11(14)15-7)6-8-2-3-9(12)4-10(8)13/h2-5H,6H2,1H3,(H2,14,15). The van der Waals surface area contributed by atoms with E-state index in [0.717, 1.165) is 11.8 Å². The smallest absolute Gasteiger partial charge is 0.200 e. The first kappa shape index (κ1) is 10.6. The predicted molar refractivity (Wildman–Crippen MR) is 56.8 cm³/mol. The molecule has 0 aliphatic heterocycles. The number of hydrogen-bond acceptors (Lipinski definition) is 2. The van der Waals surface area contributed by atoms with Gasteiger partial charge in [-0.1, -0.05) is 6.07 Å². The minimum atomic E-state index is -0.587. The van der Waals surface area contributed by atoms with Gasteiger partial charge in [-0.05, 0) is 13.0 Å². The van der Waals surface area contributed by atoms with E-state index in [1.54, 1.807) is 17.7 Å². The van der Waals surface area contributed by atoms with Crippen molar-refractivity contribution in [2.45, 2.75) is 13.5 Å². The van der Waals surface area contributed by atoms with E-state index in [0.29, 0.717) is 11.5 Å². The van der Waals surface area contributed by atoms with E-state index in [2.05, 4.69) is 4.98 Å². The van der Waals surface area contributed by atoms with Crippen molar-refractivity contribution < 1.29 is 8.78 Å². The summed E-state index contributed by atoms with van der Waals surface area (Å²) in [7, 11) is 0. The monoisotopic (exact) mass is 223 g/mol. The number of anilines is 1. The van der Waals surface area contributed by atoms with Gasteiger partial charge >= 0.3 is 0 Å². The zero-order valence-electron chi connectivity index (χ0n) is 8.74. The fourth-order valence-corrected chi connectivity index (χ4v) is 1.53. The van der Waals surface area contributed by atoms with E-state index >= 15 is 0 Å². The van der Waals surface area contributed by atoms with Crippen LogP contribution in [0.15, 0.2) is 24.4 Å². The molecule has 0 fully saturated rings. The summed E-state index contributed by atoms with van der Waals surface area (Å²) in [4.78, 5) is 4.00. The normalized spacial score (nSPS) is 10.7. The molecular weight excluding hydrogens is 212 g/mol. The van der Waals surface area contributed by atoms with Gasteiger partial charge in [-0.15, -0.1) is 0 Å². The summed E-state index contributed by atoms with van der Waals surface area (Å²) in [5.74, 6) is -0.844. The minimum absolute atomic E-state index is 0.249. The molecule has 1 heterocycles. The first-order valence-corrected chi connectivity index (χ1v) is 4.79. The zero-order valence-corrected chi connectivity index (χ0v) is 8.74. The van der Waals surface area contributed by atoms with Gasteiger partial charge in [-0.3, -0.25) is 0 Å². The van der Waals surface area contributed by atoms with E-state index in [1.807, 2.05) is 0 Å². The Morgan fingerprint density at radius 1 is 1.38 bits per heavy atom. The van der Waals surface area contributed by atoms with Crippen molar-refractivity contribution in [2.75, 3.05) is 5.73 Å². The van der Waals surface area contributed by atoms with Crippen LogP contribution in [0.2, 0.25) is 0 Å². The van der Waals surface area contributed by atoms with Crippen molar-refractivity contribution in [3.63, 3.8) is 0 Å². The fourth-order valence-electron chi connectivity index (χ4n) is 1.53. The molecule has 0 amide bonds. The highest BCUT2D eigenvalue weighted by molar-refractivity contribution is 5.25. The maximum Gasteiger partial charge on any atom is 0.200 e. The molecular formula is C11H11F2N3. The molecule has 1 aromatic heterocycles. The van der Waals surface area contributed by atoms with Crippen molar-refractivity contribution in [3.05, 3.63) is 47.3 Å². The molecule has 2 aromatic rings. The fraction of sp³-hybridized carbons (Fsp3) is 0.182. The van der Waals surface area contributed by atoms with Crippen molar-refractivity contribution in [1.29, 1.82) is 0 Å². The molecule has 2 N–H and O–H groups in total. The van der Waals surface area contributed by atoms with Crippen molar-refractivity contribution >= 4 is 5.95 Å². The summed E-state index contributed by atoms with van der Waals surface area (Å²) in [5, 5.41) is 0. The second-order valence-electron chi connectivity index (χ2n) is 3.60. The Bertz CT molecular complexity index is 520. The number of rotatable bonds is 2. The lowest BCUT2D eigenvalue weighted by Crippen LogP contribution is -2.05. The molecule has 0 aliphatic rings. The molecule has 0 atom stereocenters. The van der Waals surface area contributed by atoms with Gasteiger partial charge in [0.25, 0.3) is 0 Å². The van der Waals surface area contributed by atoms with Crippen LogP contribution in [0.3, 0.4) is 0 Å². The third-order valence-corrected chi connectivity index (χ3v) is 2.28. The lowest BCUT2D eigenvalue weighted by atomic mass is 10.2. The molecule has 1 aromatic carbocycles. The van der Waals surface area contributed by atoms with E-state index in [9.17, 15) is 8.78 Å². The van der Waals surface area contributed by atoms with Crippen LogP contribution < -0.4 is 5.73 Å². The first-order valence-electron chi connectivity index (χ1n) is 4.79. The van der Waals surface area contributed by atoms with Gasteiger partial charge in [-0.25, -0.2) is 13.8 Å². The molecule has 0 spiro atoms. The first-order chi connectivity index (χ1) is 7.56. The molecule has 84 valence electrons. The Morgan fingerprint density at radius 3 is 2.69 bits per heavy atom. The molecule has 0 bridgehead atoms. The highest BCUT2D eigenvalue weighted by Gasteiger charge is 2.07. The van der Waals surface area contributed by atoms with Crippen LogP contribution in [-0.4, -0.2) is 9.55 Å². The average Bonchev–Trinajstić information content (AvgIpc) is 2.50. The molecule has 0 radical (unpaired) electrons. The summed E-state index contributed by atoms with van der Waals surface area (Å²) in [6.07, 6.45) is 1.72. The van der Waals surface area contributed by atoms with Crippen molar-refractivity contribution in [2.24, 2.45) is 0 Å². The number of nitrogens with zero attached hydrogens (tertiary/aromatic N) is 2. The molecule has 5 heteroatoms. The van der Waals surface area contributed by atoms with Crippen LogP contribution in [0, 0.1) is 18.6 Å². The van der Waals surface area contributed by atoms with Gasteiger partial charge in [0, 0.05) is 17.8 Å². The third kappa shape index (κ3) is 2.03. The minimum Gasteiger partial charge on any atom is -0.369 e. The molecule has 0 saturated carbocycles. The Morgan fingerprint density at radius 2 is 2.12 bits per heavy atom. The number of benzene rings is 1. The number of hydrogen-bond donors (Lipinski definition) is 1. The van der Waals surface area contributed by atoms with Crippen LogP contribution >= 0.6 is 0 Å². The van der Waals surface area contributed by atoms with Crippen LogP contribution in [-0.2, 0) is 6.54 Å². The molecule has 0 aliphatic carbocycles. The van der Waals surface area contributed by atoms with E-state index < -0.39 is 11.6 Å². The average molecular weight is 223 g/mol. The maximum absolute atomic E-state index is 13.4. The molecule has 0 unspecified atom stereocenters. The SMILES string of the molecule is Cc1cn(Cc2ccc(F)cc2F)c(N)n1. The summed E-state index contributed by atoms with van der Waals surface area (Å²) >= 11 is 0. The van der Waals surface area contributed by atoms with Crippen LogP contribution in [0.5, 0.6) is 0 Å². The van der Waals surface area contributed by atoms with Gasteiger partial charge in [-0.2, -0.15) is 0 Å². The van der Waals surface area contributed by atoms with Gasteiger partial charge in [0.05, 0.1) is 12.2 Å². The topological polar surface area (TPSA) is 43.8 Å². The maximum atomic E-state index is 13.4. The molecule has 0 saturated heterocycles. The molecule has 16 heavy (non-hydrogen) atoms. The lowest BCUT2D eigenvalue weighted by molar-refractivity contribution is 0.567. The largest absolute Gasteiger partial charge is 0.369 e. The van der Waals surface area contributed by atoms with E-state index in [1.165, 1.54) is 12.1 Å². The predicted octanol–water partition coefficient (Wildman–Crippen LogP) is 2.10. The number of nitrogens with two attached hydrogens (primary N) is 1. The van der Waals surface area contributed by atoms with Gasteiger partial charge in [0.2, 0.25) is 5.95 Å². The van der Waals surface area contributed by atoms with E-state index in [4.69, 9.17) is 5.73 Å². The number of halogens is 2. The number of imidazole rings is 1. The number of aryl methyl sites for hydroxylation is 1. The van der Waals surface area contributed by atoms with Crippen molar-refractivity contribution in [3.8, 4) is 0 Å². The Labute approximate surface area is 91.5 Å². The molecule has 3 nitrogen and oxygen atoms in total. The third-order valence-electron chi connectivity index (χ3n) is 2.28. The second-order valence-corrected chi connectivity index (χ2v) is 3.60. The zero-order chi connectivity index (χ0) is 11.7. The lowest BCUT2D eigenvalue weighted by Gasteiger charge is -2.05. The highest BCUT2D eigenvalue weighted by Crippen LogP contribution is 2.13. The van der Waals surface area contributed by atoms with E-state index in [-0.39, 0.29) is 6.54 Å². The number of nitrogen functional groups attached to an aromatic ring is 1. The highest BCUT2D eigenvalue weighted by atomic mass is 19.1. The van der Waals surface area contributed by atoms with Crippen LogP contribution in [0.1, 0.15) is 11.3 Å². The number of aromatic nitrogens is 2. The van der Waals surface area contributed by atoms with Crippen LogP contribution in [0.4, 0.5) is 14.7 Å². The Kier molecular flexibility index (Phi) is 2.60. The van der Waals surface area contributed by atoms with Crippen LogP contribution in [0.25, 0.3) is 0 Å². The van der Waals surface area contributed by atoms with Gasteiger partial charge < -0.3 is 10.3 Å². The summed E-state index contributed by atoms with van der Waals surface area (Å²) in [6, 6.07) is 3.48.